The molecule has 0 unspecified atom stereocenters. The Bertz CT molecular complexity index is 506. The van der Waals surface area contributed by atoms with Crippen molar-refractivity contribution in [2.75, 3.05) is 0 Å². The smallest absolute Gasteiger partial charge is 0.194 e. The monoisotopic (exact) mass is 216 g/mol. The van der Waals surface area contributed by atoms with Gasteiger partial charge in [-0.1, -0.05) is 0 Å². The predicted octanol–water partition coefficient (Wildman–Crippen LogP) is 2.16. The number of carbonyl (C=O) groups excluding carboxylic acids is 1. The molecule has 0 spiro atoms. The van der Waals surface area contributed by atoms with Gasteiger partial charge >= 0.3 is 0 Å². The van der Waals surface area contributed by atoms with Crippen molar-refractivity contribution in [2.24, 2.45) is 0 Å². The molecule has 0 fully saturated rings. The molecule has 1 heterocycles. The summed E-state index contributed by atoms with van der Waals surface area (Å²) in [5, 5.41) is 7.19. The number of ketones is 1. The van der Waals surface area contributed by atoms with Crippen LogP contribution in [0.3, 0.4) is 0 Å². The number of rotatable bonds is 2. The third kappa shape index (κ3) is 2.11. The highest BCUT2D eigenvalue weighted by atomic mass is 19.1. The largest absolute Gasteiger partial charge is 0.289 e. The summed E-state index contributed by atoms with van der Waals surface area (Å²) in [6.45, 7) is 1.74. The maximum atomic E-state index is 13.1. The van der Waals surface area contributed by atoms with Crippen molar-refractivity contribution in [1.29, 1.82) is 0 Å². The zero-order valence-electron chi connectivity index (χ0n) is 8.64. The van der Waals surface area contributed by atoms with Crippen LogP contribution in [-0.2, 0) is 0 Å². The van der Waals surface area contributed by atoms with E-state index in [-0.39, 0.29) is 5.78 Å². The van der Waals surface area contributed by atoms with Crippen LogP contribution in [0.15, 0.2) is 36.7 Å². The zero-order valence-corrected chi connectivity index (χ0v) is 8.64. The molecular formula is C12H9FN2O. The summed E-state index contributed by atoms with van der Waals surface area (Å²) < 4.78 is 13.1. The molecule has 80 valence electrons. The Balaban J connectivity index is 2.42. The van der Waals surface area contributed by atoms with Gasteiger partial charge in [0.1, 0.15) is 5.82 Å². The molecule has 4 heteroatoms. The third-order valence-corrected chi connectivity index (χ3v) is 2.15. The topological polar surface area (TPSA) is 42.9 Å². The van der Waals surface area contributed by atoms with Gasteiger partial charge in [-0.15, -0.1) is 0 Å². The van der Waals surface area contributed by atoms with Crippen molar-refractivity contribution in [3.05, 3.63) is 59.2 Å². The molecule has 1 aromatic heterocycles. The van der Waals surface area contributed by atoms with E-state index in [1.54, 1.807) is 19.1 Å². The van der Waals surface area contributed by atoms with Crippen LogP contribution < -0.4 is 0 Å². The summed E-state index contributed by atoms with van der Waals surface area (Å²) in [5.41, 5.74) is 1.44. The first-order valence-electron chi connectivity index (χ1n) is 4.75. The molecule has 2 aromatic rings. The molecule has 0 aliphatic carbocycles. The minimum Gasteiger partial charge on any atom is -0.289 e. The van der Waals surface area contributed by atoms with E-state index < -0.39 is 5.82 Å². The summed E-state index contributed by atoms with van der Waals surface area (Å²) in [4.78, 5) is 11.9. The fourth-order valence-electron chi connectivity index (χ4n) is 1.46. The number of aryl methyl sites for hydroxylation is 1. The molecule has 0 aliphatic rings. The lowest BCUT2D eigenvalue weighted by molar-refractivity contribution is 0.103. The minimum atomic E-state index is -0.412. The van der Waals surface area contributed by atoms with Crippen LogP contribution in [0.4, 0.5) is 4.39 Å². The van der Waals surface area contributed by atoms with Crippen LogP contribution in [0.1, 0.15) is 21.5 Å². The minimum absolute atomic E-state index is 0.252. The Morgan fingerprint density at radius 1 is 1.19 bits per heavy atom. The number of carbonyl (C=O) groups is 1. The van der Waals surface area contributed by atoms with E-state index in [9.17, 15) is 9.18 Å². The van der Waals surface area contributed by atoms with Gasteiger partial charge in [0, 0.05) is 11.1 Å². The zero-order chi connectivity index (χ0) is 11.5. The average Bonchev–Trinajstić information content (AvgIpc) is 2.28. The molecule has 16 heavy (non-hydrogen) atoms. The van der Waals surface area contributed by atoms with Crippen molar-refractivity contribution in [3.63, 3.8) is 0 Å². The summed E-state index contributed by atoms with van der Waals surface area (Å²) in [7, 11) is 0. The van der Waals surface area contributed by atoms with Crippen LogP contribution >= 0.6 is 0 Å². The van der Waals surface area contributed by atoms with Gasteiger partial charge < -0.3 is 0 Å². The Morgan fingerprint density at radius 2 is 2.00 bits per heavy atom. The highest BCUT2D eigenvalue weighted by Crippen LogP contribution is 2.12. The average molecular weight is 216 g/mol. The van der Waals surface area contributed by atoms with Gasteiger partial charge in [0.25, 0.3) is 0 Å². The summed E-state index contributed by atoms with van der Waals surface area (Å²) in [6.07, 6.45) is 2.79. The second kappa shape index (κ2) is 4.18. The van der Waals surface area contributed by atoms with E-state index >= 15 is 0 Å². The van der Waals surface area contributed by atoms with Crippen molar-refractivity contribution in [2.45, 2.75) is 6.92 Å². The van der Waals surface area contributed by atoms with Gasteiger partial charge in [-0.25, -0.2) is 4.39 Å². The maximum Gasteiger partial charge on any atom is 0.194 e. The molecule has 0 saturated heterocycles. The molecule has 3 nitrogen and oxygen atoms in total. The molecule has 0 saturated carbocycles. The lowest BCUT2D eigenvalue weighted by atomic mass is 10.0. The molecule has 1 aromatic carbocycles. The van der Waals surface area contributed by atoms with Crippen molar-refractivity contribution >= 4 is 5.78 Å². The van der Waals surface area contributed by atoms with Crippen molar-refractivity contribution in [1.82, 2.24) is 10.2 Å². The molecule has 0 N–H and O–H groups in total. The Kier molecular flexibility index (Phi) is 2.72. The van der Waals surface area contributed by atoms with E-state index in [1.165, 1.54) is 24.5 Å². The van der Waals surface area contributed by atoms with E-state index in [0.29, 0.717) is 16.7 Å². The van der Waals surface area contributed by atoms with Crippen LogP contribution in [0.25, 0.3) is 0 Å². The lowest BCUT2D eigenvalue weighted by Crippen LogP contribution is -2.03. The molecule has 0 aliphatic heterocycles. The molecule has 0 bridgehead atoms. The predicted molar refractivity (Wildman–Crippen MR) is 56.6 cm³/mol. The highest BCUT2D eigenvalue weighted by Gasteiger charge is 2.10. The quantitative estimate of drug-likeness (QED) is 0.722. The molecule has 0 amide bonds. The first-order valence-corrected chi connectivity index (χ1v) is 4.75. The Hall–Kier alpha value is -2.10. The standard InChI is InChI=1S/C12H9FN2O/c1-8-4-10(6-11(13)5-8)12(16)9-2-3-14-15-7-9/h2-7H,1H3. The van der Waals surface area contributed by atoms with Gasteiger partial charge in [-0.05, 0) is 36.8 Å². The number of nitrogens with zero attached hydrogens (tertiary/aromatic N) is 2. The molecule has 0 atom stereocenters. The molecular weight excluding hydrogens is 207 g/mol. The normalized spacial score (nSPS) is 10.1. The molecule has 0 radical (unpaired) electrons. The van der Waals surface area contributed by atoms with E-state index in [1.807, 2.05) is 0 Å². The van der Waals surface area contributed by atoms with Crippen LogP contribution in [0.2, 0.25) is 0 Å². The number of aromatic nitrogens is 2. The fraction of sp³-hybridized carbons (Fsp3) is 0.0833. The maximum absolute atomic E-state index is 13.1. The van der Waals surface area contributed by atoms with E-state index in [2.05, 4.69) is 10.2 Å². The Labute approximate surface area is 92.0 Å². The van der Waals surface area contributed by atoms with Crippen LogP contribution in [0, 0.1) is 12.7 Å². The van der Waals surface area contributed by atoms with Gasteiger partial charge in [-0.3, -0.25) is 4.79 Å². The summed E-state index contributed by atoms with van der Waals surface area (Å²) in [5.74, 6) is -0.664. The van der Waals surface area contributed by atoms with E-state index in [4.69, 9.17) is 0 Å². The second-order valence-electron chi connectivity index (χ2n) is 3.48. The number of benzene rings is 1. The van der Waals surface area contributed by atoms with Gasteiger partial charge in [0.05, 0.1) is 12.4 Å². The van der Waals surface area contributed by atoms with Gasteiger partial charge in [-0.2, -0.15) is 10.2 Å². The highest BCUT2D eigenvalue weighted by molar-refractivity contribution is 6.08. The summed E-state index contributed by atoms with van der Waals surface area (Å²) >= 11 is 0. The molecule has 2 rings (SSSR count). The SMILES string of the molecule is Cc1cc(F)cc(C(=O)c2ccnnc2)c1. The van der Waals surface area contributed by atoms with Gasteiger partial charge in [0.2, 0.25) is 0 Å². The van der Waals surface area contributed by atoms with Crippen LogP contribution in [-0.4, -0.2) is 16.0 Å². The first-order chi connectivity index (χ1) is 7.66. The third-order valence-electron chi connectivity index (χ3n) is 2.15. The first kappa shape index (κ1) is 10.4. The number of hydrogen-bond donors (Lipinski definition) is 0. The lowest BCUT2D eigenvalue weighted by Gasteiger charge is -2.02. The number of halogens is 1. The fourth-order valence-corrected chi connectivity index (χ4v) is 1.46. The van der Waals surface area contributed by atoms with Crippen LogP contribution in [0.5, 0.6) is 0 Å². The number of hydrogen-bond acceptors (Lipinski definition) is 3. The van der Waals surface area contributed by atoms with Crippen molar-refractivity contribution < 1.29 is 9.18 Å². The summed E-state index contributed by atoms with van der Waals surface area (Å²) in [6, 6.07) is 5.79. The second-order valence-corrected chi connectivity index (χ2v) is 3.48. The van der Waals surface area contributed by atoms with Gasteiger partial charge in [0.15, 0.2) is 5.78 Å². The van der Waals surface area contributed by atoms with E-state index in [0.717, 1.165) is 0 Å². The van der Waals surface area contributed by atoms with Crippen molar-refractivity contribution in [3.8, 4) is 0 Å². The Morgan fingerprint density at radius 3 is 2.62 bits per heavy atom.